The van der Waals surface area contributed by atoms with E-state index in [4.69, 9.17) is 9.47 Å². The van der Waals surface area contributed by atoms with Crippen LogP contribution in [0.3, 0.4) is 0 Å². The second kappa shape index (κ2) is 15.6. The molecule has 14 heteroatoms. The van der Waals surface area contributed by atoms with E-state index in [9.17, 15) is 28.6 Å². The van der Waals surface area contributed by atoms with Crippen LogP contribution in [0.15, 0.2) is 65.7 Å². The van der Waals surface area contributed by atoms with Gasteiger partial charge in [0.15, 0.2) is 16.4 Å². The molecule has 12 nitrogen and oxygen atoms in total. The van der Waals surface area contributed by atoms with E-state index in [1.807, 2.05) is 25.1 Å². The molecule has 0 aliphatic carbocycles. The third-order valence-electron chi connectivity index (χ3n) is 7.00. The highest BCUT2D eigenvalue weighted by Crippen LogP contribution is 2.38. The first-order valence-electron chi connectivity index (χ1n) is 14.3. The van der Waals surface area contributed by atoms with Crippen LogP contribution in [-0.4, -0.2) is 49.7 Å². The fourth-order valence-electron chi connectivity index (χ4n) is 4.73. The zero-order valence-electron chi connectivity index (χ0n) is 25.2. The van der Waals surface area contributed by atoms with Crippen molar-refractivity contribution in [3.8, 4) is 17.6 Å². The third kappa shape index (κ3) is 8.36. The minimum absolute atomic E-state index is 0.0547. The number of sulfonamides is 1. The van der Waals surface area contributed by atoms with Crippen molar-refractivity contribution < 1.29 is 27.6 Å². The van der Waals surface area contributed by atoms with E-state index >= 15 is 0 Å². The normalized spacial score (nSPS) is 11.2. The number of nitriles is 1. The number of benzene rings is 3. The van der Waals surface area contributed by atoms with Gasteiger partial charge < -0.3 is 14.8 Å². The molecule has 0 saturated carbocycles. The Bertz CT molecular complexity index is 1910. The van der Waals surface area contributed by atoms with E-state index in [-0.39, 0.29) is 31.6 Å². The monoisotopic (exact) mass is 709 g/mol. The molecule has 0 atom stereocenters. The Morgan fingerprint density at radius 3 is 2.63 bits per heavy atom. The molecule has 0 amide bonds. The molecule has 0 fully saturated rings. The molecule has 240 valence electrons. The summed E-state index contributed by atoms with van der Waals surface area (Å²) in [5.74, 6) is 0.883. The molecule has 0 bridgehead atoms. The molecule has 4 rings (SSSR count). The lowest BCUT2D eigenvalue weighted by molar-refractivity contribution is -0.387. The fourth-order valence-corrected chi connectivity index (χ4v) is 6.20. The minimum atomic E-state index is -4.14. The highest BCUT2D eigenvalue weighted by atomic mass is 79.9. The largest absolute Gasteiger partial charge is 0.493 e. The average molecular weight is 711 g/mol. The van der Waals surface area contributed by atoms with Crippen LogP contribution in [-0.2, 0) is 21.2 Å². The van der Waals surface area contributed by atoms with Crippen molar-refractivity contribution in [3.63, 3.8) is 0 Å². The Labute approximate surface area is 275 Å². The van der Waals surface area contributed by atoms with Crippen LogP contribution in [0.25, 0.3) is 10.9 Å². The van der Waals surface area contributed by atoms with E-state index in [1.54, 1.807) is 19.2 Å². The Hall–Kier alpha value is -4.58. The van der Waals surface area contributed by atoms with Gasteiger partial charge in [-0.1, -0.05) is 40.2 Å². The van der Waals surface area contributed by atoms with E-state index in [0.717, 1.165) is 29.4 Å². The van der Waals surface area contributed by atoms with Gasteiger partial charge in [0, 0.05) is 54.1 Å². The van der Waals surface area contributed by atoms with Gasteiger partial charge in [0.25, 0.3) is 5.69 Å². The van der Waals surface area contributed by atoms with Crippen molar-refractivity contribution in [2.45, 2.75) is 37.5 Å². The number of para-hydroxylation sites is 1. The van der Waals surface area contributed by atoms with Crippen LogP contribution < -0.4 is 19.5 Å². The van der Waals surface area contributed by atoms with Gasteiger partial charge in [0.2, 0.25) is 10.0 Å². The summed E-state index contributed by atoms with van der Waals surface area (Å²) in [6.45, 7) is 2.30. The van der Waals surface area contributed by atoms with E-state index in [1.165, 1.54) is 18.3 Å². The predicted octanol–water partition coefficient (Wildman–Crippen LogP) is 6.11. The van der Waals surface area contributed by atoms with Gasteiger partial charge in [0.1, 0.15) is 11.9 Å². The number of carbonyl (C=O) groups excluding carboxylic acids is 1. The summed E-state index contributed by atoms with van der Waals surface area (Å²) in [6, 6.07) is 16.4. The number of nitro groups is 1. The zero-order chi connectivity index (χ0) is 33.3. The quantitative estimate of drug-likeness (QED) is 0.0598. The van der Waals surface area contributed by atoms with E-state index < -0.39 is 25.5 Å². The number of nitrogens with zero attached hydrogens (tertiary/aromatic N) is 3. The minimum Gasteiger partial charge on any atom is -0.493 e. The number of pyridine rings is 1. The number of aromatic nitrogens is 1. The number of carbonyl (C=O) groups is 1. The Kier molecular flexibility index (Phi) is 11.6. The molecule has 0 aliphatic rings. The highest BCUT2D eigenvalue weighted by Gasteiger charge is 2.24. The molecule has 1 aromatic heterocycles. The van der Waals surface area contributed by atoms with Crippen LogP contribution in [0.4, 0.5) is 17.1 Å². The van der Waals surface area contributed by atoms with Crippen LogP contribution in [0.2, 0.25) is 0 Å². The first-order valence-corrected chi connectivity index (χ1v) is 16.9. The van der Waals surface area contributed by atoms with Crippen LogP contribution >= 0.6 is 15.9 Å². The average Bonchev–Trinajstić information content (AvgIpc) is 3.04. The van der Waals surface area contributed by atoms with E-state index in [0.29, 0.717) is 51.5 Å². The van der Waals surface area contributed by atoms with Gasteiger partial charge in [-0.15, -0.1) is 0 Å². The first-order chi connectivity index (χ1) is 22.1. The predicted molar refractivity (Wildman–Crippen MR) is 178 cm³/mol. The van der Waals surface area contributed by atoms with Crippen molar-refractivity contribution in [3.05, 3.63) is 87.6 Å². The SMILES string of the molecule is COc1cc2ncc(C#N)c(Nc3cc(C)ccc3CC(=O)CCCNS(=O)(=O)c3ccccc3[N+](=O)[O-])c2cc1OCCCBr. The number of fused-ring (bicyclic) bond motifs is 1. The summed E-state index contributed by atoms with van der Waals surface area (Å²) < 4.78 is 39.1. The molecule has 1 heterocycles. The number of hydrogen-bond donors (Lipinski definition) is 2. The molecule has 2 N–H and O–H groups in total. The molecule has 0 aliphatic heterocycles. The number of alkyl halides is 1. The van der Waals surface area contributed by atoms with Gasteiger partial charge in [-0.2, -0.15) is 5.26 Å². The smallest absolute Gasteiger partial charge is 0.289 e. The molecular weight excluding hydrogens is 678 g/mol. The summed E-state index contributed by atoms with van der Waals surface area (Å²) >= 11 is 3.40. The number of ketones is 1. The number of anilines is 2. The van der Waals surface area contributed by atoms with Gasteiger partial charge >= 0.3 is 0 Å². The van der Waals surface area contributed by atoms with Crippen molar-refractivity contribution in [2.75, 3.05) is 30.9 Å². The number of Topliss-reactive ketones (excluding diaryl/α,β-unsaturated/α-hetero) is 1. The summed E-state index contributed by atoms with van der Waals surface area (Å²) in [5.41, 5.74) is 3.11. The van der Waals surface area contributed by atoms with Crippen molar-refractivity contribution in [1.82, 2.24) is 9.71 Å². The third-order valence-corrected chi connectivity index (χ3v) is 9.07. The molecule has 0 spiro atoms. The second-order valence-corrected chi connectivity index (χ2v) is 12.8. The Balaban J connectivity index is 1.51. The number of methoxy groups -OCH3 is 1. The Morgan fingerprint density at radius 2 is 1.91 bits per heavy atom. The number of rotatable bonds is 16. The summed E-state index contributed by atoms with van der Waals surface area (Å²) in [6.07, 6.45) is 2.58. The van der Waals surface area contributed by atoms with Gasteiger partial charge in [-0.05, 0) is 49.1 Å². The first kappa shape index (κ1) is 34.3. The molecule has 0 saturated heterocycles. The standard InChI is InChI=1S/C32H32BrN5O7S/c1-21-10-11-22(16-24(39)7-5-13-36-46(42,43)31-9-4-3-8-28(31)38(40)41)26(15-21)37-32-23(19-34)20-35-27-18-29(44-2)30(17-25(27)32)45-14-6-12-33/h3-4,8-11,15,17-18,20,36H,5-7,12-14,16H2,1-2H3,(H,35,37). The molecule has 3 aromatic carbocycles. The number of halogens is 1. The molecule has 0 unspecified atom stereocenters. The lowest BCUT2D eigenvalue weighted by Crippen LogP contribution is -2.26. The molecule has 4 aromatic rings. The number of aryl methyl sites for hydroxylation is 1. The number of hydrogen-bond acceptors (Lipinski definition) is 10. The maximum absolute atomic E-state index is 13.0. The van der Waals surface area contributed by atoms with Crippen molar-refractivity contribution >= 4 is 59.7 Å². The molecule has 0 radical (unpaired) electrons. The zero-order valence-corrected chi connectivity index (χ0v) is 27.6. The van der Waals surface area contributed by atoms with Crippen molar-refractivity contribution in [2.24, 2.45) is 0 Å². The number of nitro benzene ring substituents is 1. The van der Waals surface area contributed by atoms with Crippen molar-refractivity contribution in [1.29, 1.82) is 5.26 Å². The second-order valence-electron chi connectivity index (χ2n) is 10.3. The lowest BCUT2D eigenvalue weighted by atomic mass is 10.0. The lowest BCUT2D eigenvalue weighted by Gasteiger charge is -2.17. The van der Waals surface area contributed by atoms with Gasteiger partial charge in [-0.25, -0.2) is 13.1 Å². The number of ether oxygens (including phenoxy) is 2. The number of nitrogens with one attached hydrogen (secondary N) is 2. The fraction of sp³-hybridized carbons (Fsp3) is 0.281. The van der Waals surface area contributed by atoms with Crippen LogP contribution in [0.5, 0.6) is 11.5 Å². The highest BCUT2D eigenvalue weighted by molar-refractivity contribution is 9.09. The molecule has 46 heavy (non-hydrogen) atoms. The van der Waals surface area contributed by atoms with Gasteiger partial charge in [0.05, 0.1) is 35.4 Å². The van der Waals surface area contributed by atoms with Crippen LogP contribution in [0, 0.1) is 28.4 Å². The molecular formula is C32H32BrN5O7S. The maximum Gasteiger partial charge on any atom is 0.289 e. The van der Waals surface area contributed by atoms with E-state index in [2.05, 4.69) is 37.0 Å². The van der Waals surface area contributed by atoms with Crippen LogP contribution in [0.1, 0.15) is 36.0 Å². The Morgan fingerprint density at radius 1 is 1.13 bits per heavy atom. The topological polar surface area (TPSA) is 174 Å². The summed E-state index contributed by atoms with van der Waals surface area (Å²) in [7, 11) is -2.60. The summed E-state index contributed by atoms with van der Waals surface area (Å²) in [4.78, 5) is 27.5. The van der Waals surface area contributed by atoms with Gasteiger partial charge in [-0.3, -0.25) is 19.9 Å². The summed E-state index contributed by atoms with van der Waals surface area (Å²) in [5, 5.41) is 26.0. The maximum atomic E-state index is 13.0.